The molecule has 1 amide bonds. The van der Waals surface area contributed by atoms with Crippen LogP contribution in [0.4, 0.5) is 5.69 Å². The molecular weight excluding hydrogens is 494 g/mol. The van der Waals surface area contributed by atoms with Gasteiger partial charge in [-0.15, -0.1) is 0 Å². The van der Waals surface area contributed by atoms with E-state index in [0.717, 1.165) is 10.0 Å². The lowest BCUT2D eigenvalue weighted by Crippen LogP contribution is -2.17. The van der Waals surface area contributed by atoms with Crippen molar-refractivity contribution in [1.82, 2.24) is 0 Å². The third kappa shape index (κ3) is 7.15. The number of furan rings is 1. The highest BCUT2D eigenvalue weighted by Crippen LogP contribution is 2.20. The van der Waals surface area contributed by atoms with E-state index in [9.17, 15) is 19.2 Å². The summed E-state index contributed by atoms with van der Waals surface area (Å²) in [4.78, 5) is 48.0. The number of hydrogen-bond donors (Lipinski definition) is 1. The van der Waals surface area contributed by atoms with Crippen LogP contribution in [0.25, 0.3) is 0 Å². The van der Waals surface area contributed by atoms with Crippen molar-refractivity contribution < 1.29 is 33.1 Å². The number of anilines is 1. The number of ketones is 1. The Hall–Kier alpha value is -3.72. The number of rotatable bonds is 9. The number of benzene rings is 2. The van der Waals surface area contributed by atoms with Gasteiger partial charge in [-0.25, -0.2) is 4.79 Å². The van der Waals surface area contributed by atoms with E-state index in [4.69, 9.17) is 13.9 Å². The van der Waals surface area contributed by atoms with Crippen LogP contribution in [0.1, 0.15) is 39.3 Å². The molecule has 33 heavy (non-hydrogen) atoms. The number of carbonyl (C=O) groups excluding carboxylic acids is 4. The van der Waals surface area contributed by atoms with Crippen molar-refractivity contribution in [3.63, 3.8) is 0 Å². The lowest BCUT2D eigenvalue weighted by molar-refractivity contribution is -0.143. The number of Topliss-reactive ketones (excluding diaryl/α,β-unsaturated/α-hetero) is 1. The van der Waals surface area contributed by atoms with Crippen molar-refractivity contribution in [2.45, 2.75) is 19.8 Å². The number of nitrogens with one attached hydrogen (secondary N) is 1. The smallest absolute Gasteiger partial charge is 0.379 e. The van der Waals surface area contributed by atoms with Crippen LogP contribution < -0.4 is 10.1 Å². The topological polar surface area (TPSA) is 112 Å². The van der Waals surface area contributed by atoms with E-state index in [2.05, 4.69) is 21.2 Å². The Morgan fingerprint density at radius 2 is 1.76 bits per heavy atom. The summed E-state index contributed by atoms with van der Waals surface area (Å²) in [5.41, 5.74) is 1.82. The van der Waals surface area contributed by atoms with Crippen LogP contribution in [0.5, 0.6) is 5.75 Å². The molecule has 0 saturated carbocycles. The first-order chi connectivity index (χ1) is 15.8. The summed E-state index contributed by atoms with van der Waals surface area (Å²) in [5.74, 6) is -1.78. The Morgan fingerprint density at radius 3 is 2.42 bits per heavy atom. The maximum atomic E-state index is 12.2. The number of carbonyl (C=O) groups is 4. The Labute approximate surface area is 198 Å². The zero-order valence-corrected chi connectivity index (χ0v) is 19.2. The van der Waals surface area contributed by atoms with E-state index < -0.39 is 24.3 Å². The van der Waals surface area contributed by atoms with Crippen molar-refractivity contribution in [2.24, 2.45) is 0 Å². The first kappa shape index (κ1) is 23.9. The van der Waals surface area contributed by atoms with Crippen LogP contribution in [0, 0.1) is 6.92 Å². The molecule has 1 N–H and O–H groups in total. The number of esters is 2. The fraction of sp³-hybridized carbons (Fsp3) is 0.167. The van der Waals surface area contributed by atoms with Gasteiger partial charge in [-0.3, -0.25) is 14.4 Å². The molecule has 3 rings (SSSR count). The molecule has 0 aliphatic rings. The molecule has 170 valence electrons. The second-order valence-corrected chi connectivity index (χ2v) is 7.90. The molecule has 0 saturated heterocycles. The van der Waals surface area contributed by atoms with Gasteiger partial charge in [-0.2, -0.15) is 0 Å². The summed E-state index contributed by atoms with van der Waals surface area (Å²) >= 11 is 3.35. The highest BCUT2D eigenvalue weighted by Gasteiger charge is 2.14. The van der Waals surface area contributed by atoms with Crippen molar-refractivity contribution in [2.75, 3.05) is 11.9 Å². The molecule has 8 nitrogen and oxygen atoms in total. The monoisotopic (exact) mass is 513 g/mol. The number of ether oxygens (including phenoxy) is 2. The van der Waals surface area contributed by atoms with E-state index >= 15 is 0 Å². The van der Waals surface area contributed by atoms with Gasteiger partial charge in [0.05, 0.1) is 12.7 Å². The summed E-state index contributed by atoms with van der Waals surface area (Å²) in [6.45, 7) is 1.40. The van der Waals surface area contributed by atoms with Crippen LogP contribution >= 0.6 is 15.9 Å². The Morgan fingerprint density at radius 1 is 1.00 bits per heavy atom. The number of hydrogen-bond acceptors (Lipinski definition) is 7. The van der Waals surface area contributed by atoms with Gasteiger partial charge >= 0.3 is 11.9 Å². The van der Waals surface area contributed by atoms with Gasteiger partial charge in [-0.05, 0) is 67.1 Å². The summed E-state index contributed by atoms with van der Waals surface area (Å²) < 4.78 is 16.0. The predicted octanol–water partition coefficient (Wildman–Crippen LogP) is 4.71. The van der Waals surface area contributed by atoms with Gasteiger partial charge in [0.1, 0.15) is 5.75 Å². The number of halogens is 1. The van der Waals surface area contributed by atoms with Crippen LogP contribution in [0.15, 0.2) is 69.8 Å². The standard InChI is InChI=1S/C24H20BrNO7/c1-15-13-17(25)6-9-19(15)26-22(28)10-11-23(29)32-14-20(27)16-4-7-18(8-5-16)33-24(30)21-3-2-12-31-21/h2-9,12-13H,10-11,14H2,1H3,(H,26,28). The second kappa shape index (κ2) is 11.2. The zero-order valence-electron chi connectivity index (χ0n) is 17.6. The minimum atomic E-state index is -0.660. The Kier molecular flexibility index (Phi) is 8.15. The minimum absolute atomic E-state index is 0.0581. The summed E-state index contributed by atoms with van der Waals surface area (Å²) in [6, 6.07) is 14.3. The Bertz CT molecular complexity index is 1150. The fourth-order valence-electron chi connectivity index (χ4n) is 2.76. The summed E-state index contributed by atoms with van der Waals surface area (Å²) in [5, 5.41) is 2.73. The SMILES string of the molecule is Cc1cc(Br)ccc1NC(=O)CCC(=O)OCC(=O)c1ccc(OC(=O)c2ccco2)cc1. The summed E-state index contributed by atoms with van der Waals surface area (Å²) in [6.07, 6.45) is 1.13. The molecular formula is C24H20BrNO7. The van der Waals surface area contributed by atoms with Gasteiger partial charge in [0.2, 0.25) is 11.7 Å². The maximum absolute atomic E-state index is 12.2. The first-order valence-electron chi connectivity index (χ1n) is 9.92. The molecule has 2 aromatic carbocycles. The van der Waals surface area contributed by atoms with Crippen LogP contribution in [0.2, 0.25) is 0 Å². The van der Waals surface area contributed by atoms with Crippen molar-refractivity contribution in [3.8, 4) is 5.75 Å². The van der Waals surface area contributed by atoms with Crippen molar-refractivity contribution >= 4 is 45.2 Å². The molecule has 0 bridgehead atoms. The lowest BCUT2D eigenvalue weighted by atomic mass is 10.1. The summed E-state index contributed by atoms with van der Waals surface area (Å²) in [7, 11) is 0. The molecule has 0 unspecified atom stereocenters. The first-order valence-corrected chi connectivity index (χ1v) is 10.7. The minimum Gasteiger partial charge on any atom is -0.457 e. The van der Waals surface area contributed by atoms with E-state index in [1.807, 2.05) is 13.0 Å². The highest BCUT2D eigenvalue weighted by molar-refractivity contribution is 9.10. The molecule has 1 heterocycles. The van der Waals surface area contributed by atoms with Gasteiger partial charge in [-0.1, -0.05) is 15.9 Å². The molecule has 0 aliphatic carbocycles. The average molecular weight is 514 g/mol. The average Bonchev–Trinajstić information content (AvgIpc) is 3.34. The maximum Gasteiger partial charge on any atom is 0.379 e. The van der Waals surface area contributed by atoms with E-state index in [-0.39, 0.29) is 35.8 Å². The predicted molar refractivity (Wildman–Crippen MR) is 122 cm³/mol. The fourth-order valence-corrected chi connectivity index (χ4v) is 3.23. The molecule has 1 aromatic heterocycles. The molecule has 0 spiro atoms. The third-order valence-electron chi connectivity index (χ3n) is 4.49. The highest BCUT2D eigenvalue weighted by atomic mass is 79.9. The largest absolute Gasteiger partial charge is 0.457 e. The van der Waals surface area contributed by atoms with E-state index in [1.54, 1.807) is 18.2 Å². The van der Waals surface area contributed by atoms with Crippen molar-refractivity contribution in [1.29, 1.82) is 0 Å². The van der Waals surface area contributed by atoms with Gasteiger partial charge in [0.25, 0.3) is 0 Å². The van der Waals surface area contributed by atoms with E-state index in [0.29, 0.717) is 5.69 Å². The molecule has 0 aliphatic heterocycles. The van der Waals surface area contributed by atoms with Crippen LogP contribution in [-0.4, -0.2) is 30.2 Å². The normalized spacial score (nSPS) is 10.4. The third-order valence-corrected chi connectivity index (χ3v) is 4.99. The van der Waals surface area contributed by atoms with Crippen LogP contribution in [0.3, 0.4) is 0 Å². The van der Waals surface area contributed by atoms with E-state index in [1.165, 1.54) is 36.6 Å². The second-order valence-electron chi connectivity index (χ2n) is 6.98. The zero-order chi connectivity index (χ0) is 23.8. The molecule has 0 atom stereocenters. The van der Waals surface area contributed by atoms with Gasteiger partial charge in [0, 0.05) is 22.1 Å². The lowest BCUT2D eigenvalue weighted by Gasteiger charge is -2.09. The van der Waals surface area contributed by atoms with Gasteiger partial charge < -0.3 is 19.2 Å². The molecule has 3 aromatic rings. The van der Waals surface area contributed by atoms with Gasteiger partial charge in [0.15, 0.2) is 12.4 Å². The number of aryl methyl sites for hydroxylation is 1. The molecule has 0 radical (unpaired) electrons. The molecule has 0 fully saturated rings. The molecule has 9 heteroatoms. The number of amides is 1. The van der Waals surface area contributed by atoms with Crippen molar-refractivity contribution in [3.05, 3.63) is 82.2 Å². The Balaban J connectivity index is 1.41. The quantitative estimate of drug-likeness (QED) is 0.250. The van der Waals surface area contributed by atoms with Crippen LogP contribution in [-0.2, 0) is 14.3 Å².